The molecule has 0 N–H and O–H groups in total. The van der Waals surface area contributed by atoms with Crippen LogP contribution in [0.2, 0.25) is 0 Å². The molecule has 5 heterocycles. The molecule has 8 nitrogen and oxygen atoms in total. The third-order valence-corrected chi connectivity index (χ3v) is 12.0. The molecule has 2 spiro atoms. The van der Waals surface area contributed by atoms with E-state index < -0.39 is 0 Å². The first-order chi connectivity index (χ1) is 22.6. The van der Waals surface area contributed by atoms with Crippen LogP contribution in [0.3, 0.4) is 0 Å². The van der Waals surface area contributed by atoms with Crippen molar-refractivity contribution >= 4 is 28.3 Å². The van der Waals surface area contributed by atoms with E-state index in [-0.39, 0.29) is 11.3 Å². The summed E-state index contributed by atoms with van der Waals surface area (Å²) < 4.78 is 0. The first kappa shape index (κ1) is 29.9. The van der Waals surface area contributed by atoms with E-state index in [4.69, 9.17) is 0 Å². The fraction of sp³-hybridized carbons (Fsp3) is 0.436. The van der Waals surface area contributed by atoms with Gasteiger partial charge in [0.15, 0.2) is 11.3 Å². The van der Waals surface area contributed by atoms with Gasteiger partial charge in [0, 0.05) is 98.8 Å². The number of nitrogens with zero attached hydrogens (tertiary/aromatic N) is 8. The zero-order valence-electron chi connectivity index (χ0n) is 29.5. The van der Waals surface area contributed by atoms with Crippen molar-refractivity contribution in [3.05, 3.63) is 101 Å². The Morgan fingerprint density at radius 1 is 0.617 bits per heavy atom. The molecule has 8 rings (SSSR count). The number of allylic oxidation sites excluding steroid dienone is 4. The molecule has 0 saturated heterocycles. The monoisotopic (exact) mass is 630 g/mol. The Labute approximate surface area is 281 Å². The maximum absolute atomic E-state index is 2.63. The van der Waals surface area contributed by atoms with Gasteiger partial charge in [-0.15, -0.1) is 0 Å². The van der Waals surface area contributed by atoms with Crippen molar-refractivity contribution in [2.75, 3.05) is 89.1 Å². The van der Waals surface area contributed by atoms with Gasteiger partial charge in [-0.1, -0.05) is 18.2 Å². The predicted molar refractivity (Wildman–Crippen MR) is 196 cm³/mol. The lowest BCUT2D eigenvalue weighted by molar-refractivity contribution is 0.148. The van der Waals surface area contributed by atoms with Crippen LogP contribution in [0.5, 0.6) is 0 Å². The summed E-state index contributed by atoms with van der Waals surface area (Å²) in [5, 5.41) is 0. The first-order valence-electron chi connectivity index (χ1n) is 17.2. The maximum atomic E-state index is 2.63. The van der Waals surface area contributed by atoms with Gasteiger partial charge in [-0.05, 0) is 80.2 Å². The highest BCUT2D eigenvalue weighted by atomic mass is 15.6. The van der Waals surface area contributed by atoms with Gasteiger partial charge in [0.05, 0.1) is 34.1 Å². The van der Waals surface area contributed by atoms with Crippen molar-refractivity contribution in [3.8, 4) is 0 Å². The summed E-state index contributed by atoms with van der Waals surface area (Å²) in [5.41, 5.74) is 12.4. The van der Waals surface area contributed by atoms with Gasteiger partial charge in [0.2, 0.25) is 0 Å². The first-order valence-corrected chi connectivity index (χ1v) is 17.2. The van der Waals surface area contributed by atoms with Crippen molar-refractivity contribution in [2.24, 2.45) is 0 Å². The summed E-state index contributed by atoms with van der Waals surface area (Å²) in [6.45, 7) is 2.01. The average Bonchev–Trinajstić information content (AvgIpc) is 3.31. The van der Waals surface area contributed by atoms with Gasteiger partial charge in [-0.2, -0.15) is 0 Å². The van der Waals surface area contributed by atoms with Crippen molar-refractivity contribution in [3.63, 3.8) is 0 Å². The van der Waals surface area contributed by atoms with Crippen molar-refractivity contribution < 1.29 is 0 Å². The van der Waals surface area contributed by atoms with Crippen LogP contribution in [-0.2, 0) is 0 Å². The summed E-state index contributed by atoms with van der Waals surface area (Å²) in [4.78, 5) is 19.8. The number of benzene rings is 2. The normalized spacial score (nSPS) is 24.2. The minimum atomic E-state index is -0.216. The Kier molecular flexibility index (Phi) is 6.70. The van der Waals surface area contributed by atoms with Crippen LogP contribution in [0, 0.1) is 0 Å². The minimum absolute atomic E-state index is 0.192. The smallest absolute Gasteiger partial charge is 0.155 e. The second kappa shape index (κ2) is 10.5. The number of hydrogen-bond acceptors (Lipinski definition) is 8. The van der Waals surface area contributed by atoms with Crippen LogP contribution in [0.1, 0.15) is 37.7 Å². The molecule has 1 aliphatic carbocycles. The highest BCUT2D eigenvalue weighted by Crippen LogP contribution is 2.61. The molecule has 0 amide bonds. The fourth-order valence-electron chi connectivity index (χ4n) is 9.61. The lowest BCUT2D eigenvalue weighted by Gasteiger charge is -2.62. The Balaban J connectivity index is 1.22. The summed E-state index contributed by atoms with van der Waals surface area (Å²) in [6.07, 6.45) is 17.4. The summed E-state index contributed by atoms with van der Waals surface area (Å²) in [6, 6.07) is 16.1. The molecule has 1 fully saturated rings. The molecule has 6 aliphatic rings. The molecular formula is C39H50N8. The van der Waals surface area contributed by atoms with Crippen LogP contribution >= 0.6 is 0 Å². The van der Waals surface area contributed by atoms with Gasteiger partial charge >= 0.3 is 0 Å². The topological polar surface area (TPSA) is 25.9 Å². The molecule has 5 aliphatic heterocycles. The van der Waals surface area contributed by atoms with Crippen LogP contribution < -0.4 is 19.6 Å². The Morgan fingerprint density at radius 2 is 1.19 bits per heavy atom. The lowest BCUT2D eigenvalue weighted by atomic mass is 9.75. The van der Waals surface area contributed by atoms with Crippen LogP contribution in [0.25, 0.3) is 5.57 Å². The number of hydrogen-bond donors (Lipinski definition) is 0. The van der Waals surface area contributed by atoms with Crippen molar-refractivity contribution in [1.82, 2.24) is 19.6 Å². The van der Waals surface area contributed by atoms with E-state index in [1.807, 2.05) is 0 Å². The van der Waals surface area contributed by atoms with Gasteiger partial charge in [-0.3, -0.25) is 0 Å². The highest BCUT2D eigenvalue weighted by molar-refractivity contribution is 5.90. The number of para-hydroxylation sites is 2. The summed E-state index contributed by atoms with van der Waals surface area (Å²) in [7, 11) is 17.9. The zero-order chi connectivity index (χ0) is 32.8. The Morgan fingerprint density at radius 3 is 1.81 bits per heavy atom. The number of likely N-dealkylation sites (N-methyl/N-ethyl adjacent to an activating group) is 6. The molecular weight excluding hydrogens is 580 g/mol. The molecule has 8 heteroatoms. The van der Waals surface area contributed by atoms with Crippen LogP contribution in [0.4, 0.5) is 22.7 Å². The van der Waals surface area contributed by atoms with Crippen molar-refractivity contribution in [2.45, 2.75) is 43.4 Å². The van der Waals surface area contributed by atoms with E-state index in [0.717, 1.165) is 32.4 Å². The predicted octanol–water partition coefficient (Wildman–Crippen LogP) is 6.12. The Bertz CT molecular complexity index is 1750. The summed E-state index contributed by atoms with van der Waals surface area (Å²) in [5.74, 6) is 0. The number of anilines is 4. The van der Waals surface area contributed by atoms with Gasteiger partial charge in [0.25, 0.3) is 0 Å². The van der Waals surface area contributed by atoms with E-state index >= 15 is 0 Å². The SMILES string of the molecule is CN(C)C1=CC2=C3C=C(N(C)C)C(c4ccc5c(c4)N(C)C4(CCCCC46N(C)c4ccccc4N6C)N5C)=CN3CCCN2C=C1. The lowest BCUT2D eigenvalue weighted by Crippen LogP contribution is -2.79. The van der Waals surface area contributed by atoms with Gasteiger partial charge < -0.3 is 39.2 Å². The fourth-order valence-corrected chi connectivity index (χ4v) is 9.61. The molecule has 47 heavy (non-hydrogen) atoms. The average molecular weight is 631 g/mol. The standard InChI is InChI=1S/C39H50N8/c1-40(2)29-18-23-46-21-13-22-47-27-30(34(41(3)4)26-37(47)36(46)25-29)28-16-17-33-35(24-28)45(8)39(44(33)7)20-12-11-19-38(39)42(5)31-14-9-10-15-32(31)43(38)6/h9-10,14-18,23-27H,11-13,19-22H2,1-8H3. The van der Waals surface area contributed by atoms with E-state index in [1.54, 1.807) is 0 Å². The van der Waals surface area contributed by atoms with Gasteiger partial charge in [-0.25, -0.2) is 0 Å². The van der Waals surface area contributed by atoms with Crippen LogP contribution in [-0.4, -0.2) is 100 Å². The zero-order valence-corrected chi connectivity index (χ0v) is 29.5. The maximum Gasteiger partial charge on any atom is 0.155 e. The number of rotatable bonds is 3. The second-order valence-electron chi connectivity index (χ2n) is 14.5. The molecule has 1 saturated carbocycles. The van der Waals surface area contributed by atoms with E-state index in [2.05, 4.69) is 169 Å². The highest BCUT2D eigenvalue weighted by Gasteiger charge is 2.67. The summed E-state index contributed by atoms with van der Waals surface area (Å²) >= 11 is 0. The Hall–Kier alpha value is -4.46. The van der Waals surface area contributed by atoms with Crippen LogP contribution in [0.15, 0.2) is 95.9 Å². The molecule has 0 bridgehead atoms. The van der Waals surface area contributed by atoms with Crippen molar-refractivity contribution in [1.29, 1.82) is 0 Å². The molecule has 1 unspecified atom stereocenters. The van der Waals surface area contributed by atoms with E-state index in [9.17, 15) is 0 Å². The molecule has 1 atom stereocenters. The van der Waals surface area contributed by atoms with E-state index in [1.165, 1.54) is 69.5 Å². The third-order valence-electron chi connectivity index (χ3n) is 12.0. The third kappa shape index (κ3) is 3.93. The molecule has 0 aromatic heterocycles. The molecule has 2 aromatic rings. The number of fused-ring (bicyclic) bond motifs is 5. The van der Waals surface area contributed by atoms with Gasteiger partial charge in [0.1, 0.15) is 0 Å². The van der Waals surface area contributed by atoms with E-state index in [0.29, 0.717) is 0 Å². The molecule has 246 valence electrons. The largest absolute Gasteiger partial charge is 0.378 e. The molecule has 0 radical (unpaired) electrons. The minimum Gasteiger partial charge on any atom is -0.378 e. The molecule has 2 aromatic carbocycles. The quantitative estimate of drug-likeness (QED) is 0.401. The second-order valence-corrected chi connectivity index (χ2v) is 14.5.